The van der Waals surface area contributed by atoms with E-state index >= 15 is 0 Å². The summed E-state index contributed by atoms with van der Waals surface area (Å²) in [5, 5.41) is 0. The van der Waals surface area contributed by atoms with Crippen molar-refractivity contribution in [2.45, 2.75) is 114 Å². The van der Waals surface area contributed by atoms with Crippen LogP contribution < -0.4 is 0 Å². The van der Waals surface area contributed by atoms with Crippen molar-refractivity contribution in [1.82, 2.24) is 0 Å². The lowest BCUT2D eigenvalue weighted by molar-refractivity contribution is -0.407. The Kier molecular flexibility index (Phi) is 13.2. The van der Waals surface area contributed by atoms with Gasteiger partial charge in [0.1, 0.15) is 48.8 Å². The third kappa shape index (κ3) is 9.25. The van der Waals surface area contributed by atoms with Gasteiger partial charge in [0, 0.05) is 12.7 Å². The Morgan fingerprint density at radius 1 is 0.536 bits per heavy atom. The molecule has 0 spiro atoms. The summed E-state index contributed by atoms with van der Waals surface area (Å²) in [7, 11) is 1.59. The second kappa shape index (κ2) is 18.8. The maximum Gasteiger partial charge on any atom is 0.187 e. The Morgan fingerprint density at radius 2 is 1.09 bits per heavy atom. The third-order valence-electron chi connectivity index (χ3n) is 10.8. The van der Waals surface area contributed by atoms with E-state index in [1.54, 1.807) is 7.11 Å². The van der Waals surface area contributed by atoms with Crippen LogP contribution in [0.1, 0.15) is 42.4 Å². The van der Waals surface area contributed by atoms with Crippen molar-refractivity contribution in [3.8, 4) is 0 Å². The third-order valence-corrected chi connectivity index (χ3v) is 10.8. The minimum atomic E-state index is -0.968. The molecule has 3 unspecified atom stereocenters. The summed E-state index contributed by atoms with van der Waals surface area (Å²) < 4.78 is 72.7. The van der Waals surface area contributed by atoms with E-state index in [1.165, 1.54) is 0 Å². The second-order valence-electron chi connectivity index (χ2n) is 14.7. The molecule has 4 aromatic rings. The van der Waals surface area contributed by atoms with Crippen LogP contribution in [-0.4, -0.2) is 93.9 Å². The van der Waals surface area contributed by atoms with E-state index in [2.05, 4.69) is 0 Å². The van der Waals surface area contributed by atoms with Gasteiger partial charge in [-0.15, -0.1) is 0 Å². The Morgan fingerprint density at radius 3 is 1.70 bits per heavy atom. The number of benzene rings is 4. The van der Waals surface area contributed by atoms with Gasteiger partial charge in [0.05, 0.1) is 45.2 Å². The molecule has 0 aromatic heterocycles. The van der Waals surface area contributed by atoms with E-state index in [-0.39, 0.29) is 25.4 Å². The van der Waals surface area contributed by atoms with Crippen molar-refractivity contribution < 1.29 is 52.1 Å². The van der Waals surface area contributed by atoms with Gasteiger partial charge >= 0.3 is 0 Å². The Balaban J connectivity index is 1.11. The van der Waals surface area contributed by atoms with Crippen LogP contribution in [0.3, 0.4) is 0 Å². The first kappa shape index (κ1) is 39.3. The van der Waals surface area contributed by atoms with Crippen LogP contribution in [0.25, 0.3) is 0 Å². The summed E-state index contributed by atoms with van der Waals surface area (Å²) in [6.45, 7) is 5.54. The standard InChI is InChI=1S/C45H52O11/c1-29-30(2)52-40-38(51-29)35(27-47-24-31-16-8-4-9-17-31)54-45(41(40)49-26-33-20-12-6-13-21-33)56-42-39(48-25-32-18-10-5-11-19-32)37-36(53-44(42)46-3)28-50-43(55-37)34-22-14-7-15-23-34/h4-23,29-30,35-45H,24-28H2,1-3H3/t29?,30?,35-,36-,37-,38-,39+,40+,41+,42+,43?,44+,45-/m1/s1. The van der Waals surface area contributed by atoms with Crippen LogP contribution in [0.5, 0.6) is 0 Å². The Bertz CT molecular complexity index is 1750. The quantitative estimate of drug-likeness (QED) is 0.140. The molecule has 4 aliphatic rings. The highest BCUT2D eigenvalue weighted by molar-refractivity contribution is 5.18. The van der Waals surface area contributed by atoms with Gasteiger partial charge in [-0.25, -0.2) is 0 Å². The van der Waals surface area contributed by atoms with Crippen LogP contribution in [0.4, 0.5) is 0 Å². The lowest BCUT2D eigenvalue weighted by Crippen LogP contribution is -2.69. The summed E-state index contributed by atoms with van der Waals surface area (Å²) in [4.78, 5) is 0. The predicted octanol–water partition coefficient (Wildman–Crippen LogP) is 6.53. The van der Waals surface area contributed by atoms with Crippen LogP contribution in [0, 0.1) is 0 Å². The molecule has 0 aliphatic carbocycles. The number of ether oxygens (including phenoxy) is 11. The molecule has 11 heteroatoms. The van der Waals surface area contributed by atoms with E-state index in [0.29, 0.717) is 19.8 Å². The zero-order valence-electron chi connectivity index (χ0n) is 32.1. The van der Waals surface area contributed by atoms with E-state index in [1.807, 2.05) is 135 Å². The summed E-state index contributed by atoms with van der Waals surface area (Å²) in [5.74, 6) is 0. The smallest absolute Gasteiger partial charge is 0.187 e. The fourth-order valence-corrected chi connectivity index (χ4v) is 7.74. The van der Waals surface area contributed by atoms with Crippen molar-refractivity contribution in [1.29, 1.82) is 0 Å². The van der Waals surface area contributed by atoms with Crippen molar-refractivity contribution in [3.63, 3.8) is 0 Å². The number of hydrogen-bond donors (Lipinski definition) is 0. The zero-order chi connectivity index (χ0) is 38.3. The SMILES string of the molecule is CO[C@H]1O[C@@H]2COC(c3ccccc3)O[C@H]2[C@H](OCc2ccccc2)[C@@H]1O[C@H]1O[C@H](COCc2ccccc2)[C@H]2OC(C)C(C)O[C@@H]2[C@@H]1OCc1ccccc1. The molecule has 11 nitrogen and oxygen atoms in total. The maximum atomic E-state index is 7.10. The van der Waals surface area contributed by atoms with Crippen molar-refractivity contribution in [2.75, 3.05) is 20.3 Å². The Labute approximate surface area is 328 Å². The average molecular weight is 769 g/mol. The van der Waals surface area contributed by atoms with Gasteiger partial charge in [0.15, 0.2) is 18.9 Å². The minimum Gasteiger partial charge on any atom is -0.374 e. The van der Waals surface area contributed by atoms with Gasteiger partial charge in [-0.1, -0.05) is 121 Å². The molecule has 298 valence electrons. The molecular weight excluding hydrogens is 716 g/mol. The van der Waals surface area contributed by atoms with Gasteiger partial charge < -0.3 is 52.1 Å². The van der Waals surface area contributed by atoms with Gasteiger partial charge in [-0.05, 0) is 30.5 Å². The largest absolute Gasteiger partial charge is 0.374 e. The lowest BCUT2D eigenvalue weighted by Gasteiger charge is -2.53. The van der Waals surface area contributed by atoms with E-state index < -0.39 is 67.7 Å². The molecule has 8 rings (SSSR count). The number of fused-ring (bicyclic) bond motifs is 2. The molecule has 0 N–H and O–H groups in total. The fourth-order valence-electron chi connectivity index (χ4n) is 7.74. The van der Waals surface area contributed by atoms with Crippen LogP contribution in [0.2, 0.25) is 0 Å². The molecule has 4 heterocycles. The van der Waals surface area contributed by atoms with Gasteiger partial charge in [0.25, 0.3) is 0 Å². The minimum absolute atomic E-state index is 0.177. The molecule has 4 aliphatic heterocycles. The fraction of sp³-hybridized carbons (Fsp3) is 0.467. The molecule has 0 radical (unpaired) electrons. The molecule has 13 atom stereocenters. The predicted molar refractivity (Wildman–Crippen MR) is 204 cm³/mol. The first-order chi connectivity index (χ1) is 27.5. The van der Waals surface area contributed by atoms with E-state index in [4.69, 9.17) is 52.1 Å². The summed E-state index contributed by atoms with van der Waals surface area (Å²) >= 11 is 0. The first-order valence-electron chi connectivity index (χ1n) is 19.6. The summed E-state index contributed by atoms with van der Waals surface area (Å²) in [6.07, 6.45) is -7.68. The van der Waals surface area contributed by atoms with Gasteiger partial charge in [-0.3, -0.25) is 0 Å². The highest BCUT2D eigenvalue weighted by atomic mass is 16.8. The Hall–Kier alpha value is -3.56. The lowest BCUT2D eigenvalue weighted by atomic mass is 9.94. The van der Waals surface area contributed by atoms with Crippen LogP contribution in [0.15, 0.2) is 121 Å². The van der Waals surface area contributed by atoms with E-state index in [0.717, 1.165) is 22.3 Å². The highest BCUT2D eigenvalue weighted by Gasteiger charge is 2.57. The first-order valence-corrected chi connectivity index (χ1v) is 19.6. The molecule has 4 saturated heterocycles. The normalized spacial score (nSPS) is 34.3. The average Bonchev–Trinajstić information content (AvgIpc) is 3.24. The molecular formula is C45H52O11. The number of methoxy groups -OCH3 is 1. The second-order valence-corrected chi connectivity index (χ2v) is 14.7. The molecule has 0 bridgehead atoms. The molecule has 4 fully saturated rings. The molecule has 0 saturated carbocycles. The highest BCUT2D eigenvalue weighted by Crippen LogP contribution is 2.40. The van der Waals surface area contributed by atoms with Crippen LogP contribution >= 0.6 is 0 Å². The van der Waals surface area contributed by atoms with Crippen molar-refractivity contribution >= 4 is 0 Å². The topological polar surface area (TPSA) is 102 Å². The van der Waals surface area contributed by atoms with Gasteiger partial charge in [0.2, 0.25) is 0 Å². The summed E-state index contributed by atoms with van der Waals surface area (Å²) in [6, 6.07) is 39.9. The maximum absolute atomic E-state index is 7.10. The van der Waals surface area contributed by atoms with Crippen molar-refractivity contribution in [3.05, 3.63) is 144 Å². The number of rotatable bonds is 14. The van der Waals surface area contributed by atoms with Crippen LogP contribution in [-0.2, 0) is 71.9 Å². The monoisotopic (exact) mass is 768 g/mol. The molecule has 4 aromatic carbocycles. The van der Waals surface area contributed by atoms with Gasteiger partial charge in [-0.2, -0.15) is 0 Å². The number of hydrogen-bond acceptors (Lipinski definition) is 11. The van der Waals surface area contributed by atoms with Crippen molar-refractivity contribution in [2.24, 2.45) is 0 Å². The zero-order valence-corrected chi connectivity index (χ0v) is 32.1. The van der Waals surface area contributed by atoms with E-state index in [9.17, 15) is 0 Å². The molecule has 56 heavy (non-hydrogen) atoms. The summed E-state index contributed by atoms with van der Waals surface area (Å²) in [5.41, 5.74) is 3.95. The molecule has 0 amide bonds.